The first-order chi connectivity index (χ1) is 7.00. The first-order valence-electron chi connectivity index (χ1n) is 5.76. The molecule has 1 rings (SSSR count). The third-order valence-corrected chi connectivity index (χ3v) is 3.38. The van der Waals surface area contributed by atoms with Crippen molar-refractivity contribution in [1.29, 1.82) is 0 Å². The molecule has 0 bridgehead atoms. The molecule has 1 aliphatic carbocycles. The summed E-state index contributed by atoms with van der Waals surface area (Å²) in [7, 11) is 0. The van der Waals surface area contributed by atoms with E-state index in [1.165, 1.54) is 0 Å². The zero-order chi connectivity index (χ0) is 11.4. The topological polar surface area (TPSA) is 54.4 Å². The van der Waals surface area contributed by atoms with Crippen LogP contribution in [0, 0.1) is 17.8 Å². The third-order valence-electron chi connectivity index (χ3n) is 3.38. The van der Waals surface area contributed by atoms with Crippen molar-refractivity contribution >= 4 is 11.8 Å². The minimum Gasteiger partial charge on any atom is -0.481 e. The lowest BCUT2D eigenvalue weighted by Gasteiger charge is -2.26. The van der Waals surface area contributed by atoms with Gasteiger partial charge in [0, 0.05) is 11.8 Å². The molecule has 0 amide bonds. The molecular weight excluding hydrogens is 192 g/mol. The largest absolute Gasteiger partial charge is 0.481 e. The minimum atomic E-state index is -0.875. The van der Waals surface area contributed by atoms with E-state index >= 15 is 0 Å². The van der Waals surface area contributed by atoms with Crippen LogP contribution in [0.3, 0.4) is 0 Å². The summed E-state index contributed by atoms with van der Waals surface area (Å²) in [6, 6.07) is 0. The molecule has 3 heteroatoms. The van der Waals surface area contributed by atoms with Crippen LogP contribution in [0.25, 0.3) is 0 Å². The molecule has 3 nitrogen and oxygen atoms in total. The van der Waals surface area contributed by atoms with Gasteiger partial charge in [0.1, 0.15) is 5.78 Å². The van der Waals surface area contributed by atoms with Gasteiger partial charge in [-0.15, -0.1) is 0 Å². The Hall–Kier alpha value is -0.860. The fourth-order valence-corrected chi connectivity index (χ4v) is 2.31. The second kappa shape index (κ2) is 5.29. The molecule has 0 aromatic rings. The van der Waals surface area contributed by atoms with Crippen LogP contribution in [0.15, 0.2) is 0 Å². The lowest BCUT2D eigenvalue weighted by atomic mass is 9.77. The van der Waals surface area contributed by atoms with E-state index in [2.05, 4.69) is 6.92 Å². The van der Waals surface area contributed by atoms with Crippen LogP contribution in [0.1, 0.15) is 46.0 Å². The van der Waals surface area contributed by atoms with Gasteiger partial charge in [-0.3, -0.25) is 9.59 Å². The van der Waals surface area contributed by atoms with E-state index < -0.39 is 5.97 Å². The second-order valence-corrected chi connectivity index (χ2v) is 4.86. The van der Waals surface area contributed by atoms with Crippen molar-refractivity contribution in [3.8, 4) is 0 Å². The highest BCUT2D eigenvalue weighted by Crippen LogP contribution is 2.30. The van der Waals surface area contributed by atoms with E-state index in [0.29, 0.717) is 0 Å². The normalized spacial score (nSPS) is 28.4. The molecule has 0 aliphatic heterocycles. The van der Waals surface area contributed by atoms with Crippen molar-refractivity contribution in [2.75, 3.05) is 0 Å². The van der Waals surface area contributed by atoms with Crippen LogP contribution in [-0.4, -0.2) is 16.9 Å². The number of hydrogen-bond acceptors (Lipinski definition) is 2. The summed E-state index contributed by atoms with van der Waals surface area (Å²) in [5.41, 5.74) is 0. The van der Waals surface area contributed by atoms with Gasteiger partial charge in [0.2, 0.25) is 0 Å². The average molecular weight is 212 g/mol. The molecular formula is C12H20O3. The maximum Gasteiger partial charge on any atom is 0.304 e. The van der Waals surface area contributed by atoms with Gasteiger partial charge in [-0.1, -0.05) is 26.7 Å². The summed E-state index contributed by atoms with van der Waals surface area (Å²) >= 11 is 0. The van der Waals surface area contributed by atoms with Crippen LogP contribution in [0.2, 0.25) is 0 Å². The van der Waals surface area contributed by atoms with Gasteiger partial charge in [-0.2, -0.15) is 0 Å². The lowest BCUT2D eigenvalue weighted by Crippen LogP contribution is -2.27. The van der Waals surface area contributed by atoms with Crippen LogP contribution in [-0.2, 0) is 9.59 Å². The molecule has 0 spiro atoms. The summed E-state index contributed by atoms with van der Waals surface area (Å²) < 4.78 is 0. The Balaban J connectivity index is 2.42. The van der Waals surface area contributed by atoms with Crippen molar-refractivity contribution in [2.24, 2.45) is 17.8 Å². The molecule has 0 aromatic heterocycles. The van der Waals surface area contributed by atoms with Gasteiger partial charge in [0.15, 0.2) is 0 Å². The van der Waals surface area contributed by atoms with Crippen molar-refractivity contribution in [1.82, 2.24) is 0 Å². The van der Waals surface area contributed by atoms with Gasteiger partial charge in [-0.05, 0) is 18.8 Å². The molecule has 1 aliphatic rings. The number of carbonyl (C=O) groups excluding carboxylic acids is 1. The number of aliphatic carboxylic acids is 1. The van der Waals surface area contributed by atoms with Crippen LogP contribution < -0.4 is 0 Å². The maximum atomic E-state index is 11.9. The van der Waals surface area contributed by atoms with Crippen LogP contribution in [0.4, 0.5) is 0 Å². The molecule has 15 heavy (non-hydrogen) atoms. The van der Waals surface area contributed by atoms with Gasteiger partial charge < -0.3 is 5.11 Å². The van der Waals surface area contributed by atoms with E-state index in [4.69, 9.17) is 5.11 Å². The second-order valence-electron chi connectivity index (χ2n) is 4.86. The fraction of sp³-hybridized carbons (Fsp3) is 0.833. The summed E-state index contributed by atoms with van der Waals surface area (Å²) in [4.78, 5) is 22.4. The summed E-state index contributed by atoms with van der Waals surface area (Å²) in [6.45, 7) is 3.94. The Morgan fingerprint density at radius 3 is 2.27 bits per heavy atom. The molecule has 1 N–H and O–H groups in total. The van der Waals surface area contributed by atoms with Gasteiger partial charge >= 0.3 is 5.97 Å². The van der Waals surface area contributed by atoms with Gasteiger partial charge in [-0.25, -0.2) is 0 Å². The monoisotopic (exact) mass is 212 g/mol. The number of carbonyl (C=O) groups is 2. The number of Topliss-reactive ketones (excluding diaryl/α,β-unsaturated/α-hetero) is 1. The Labute approximate surface area is 90.9 Å². The van der Waals surface area contributed by atoms with Crippen LogP contribution >= 0.6 is 0 Å². The zero-order valence-electron chi connectivity index (χ0n) is 9.53. The van der Waals surface area contributed by atoms with E-state index in [0.717, 1.165) is 31.6 Å². The molecule has 0 aromatic carbocycles. The summed E-state index contributed by atoms with van der Waals surface area (Å²) in [5, 5.41) is 8.62. The average Bonchev–Trinajstić information content (AvgIpc) is 2.17. The SMILES string of the molecule is CC1CCC(C(=O)C(C)CC(=O)O)CC1. The molecule has 1 atom stereocenters. The Morgan fingerprint density at radius 1 is 1.27 bits per heavy atom. The van der Waals surface area contributed by atoms with E-state index in [1.807, 2.05) is 0 Å². The number of carboxylic acids is 1. The number of rotatable bonds is 4. The quantitative estimate of drug-likeness (QED) is 0.779. The van der Waals surface area contributed by atoms with Crippen molar-refractivity contribution < 1.29 is 14.7 Å². The zero-order valence-corrected chi connectivity index (χ0v) is 9.53. The molecule has 0 radical (unpaired) electrons. The smallest absolute Gasteiger partial charge is 0.304 e. The predicted octanol–water partition coefficient (Wildman–Crippen LogP) is 2.49. The van der Waals surface area contributed by atoms with E-state index in [9.17, 15) is 9.59 Å². The summed E-state index contributed by atoms with van der Waals surface area (Å²) in [6.07, 6.45) is 4.09. The van der Waals surface area contributed by atoms with Gasteiger partial charge in [0.25, 0.3) is 0 Å². The molecule has 0 heterocycles. The number of carboxylic acid groups (broad SMARTS) is 1. The van der Waals surface area contributed by atoms with Crippen molar-refractivity contribution in [3.05, 3.63) is 0 Å². The number of hydrogen-bond donors (Lipinski definition) is 1. The van der Waals surface area contributed by atoms with Crippen LogP contribution in [0.5, 0.6) is 0 Å². The first kappa shape index (κ1) is 12.2. The predicted molar refractivity (Wildman–Crippen MR) is 57.5 cm³/mol. The Bertz CT molecular complexity index is 239. The Morgan fingerprint density at radius 2 is 1.80 bits per heavy atom. The maximum absolute atomic E-state index is 11.9. The van der Waals surface area contributed by atoms with Gasteiger partial charge in [0.05, 0.1) is 6.42 Å². The molecule has 86 valence electrons. The first-order valence-corrected chi connectivity index (χ1v) is 5.76. The minimum absolute atomic E-state index is 0.0229. The highest BCUT2D eigenvalue weighted by Gasteiger charge is 2.28. The van der Waals surface area contributed by atoms with Crippen molar-refractivity contribution in [3.63, 3.8) is 0 Å². The van der Waals surface area contributed by atoms with E-state index in [1.54, 1.807) is 6.92 Å². The molecule has 1 saturated carbocycles. The third kappa shape index (κ3) is 3.65. The molecule has 1 unspecified atom stereocenters. The highest BCUT2D eigenvalue weighted by molar-refractivity contribution is 5.86. The molecule has 1 fully saturated rings. The summed E-state index contributed by atoms with van der Waals surface area (Å²) in [5.74, 6) is -0.190. The fourth-order valence-electron chi connectivity index (χ4n) is 2.31. The number of ketones is 1. The standard InChI is InChI=1S/C12H20O3/c1-8-3-5-10(6-4-8)12(15)9(2)7-11(13)14/h8-10H,3-7H2,1-2H3,(H,13,14). The van der Waals surface area contributed by atoms with Crippen molar-refractivity contribution in [2.45, 2.75) is 46.0 Å². The Kier molecular flexibility index (Phi) is 4.30. The van der Waals surface area contributed by atoms with E-state index in [-0.39, 0.29) is 24.0 Å². The molecule has 0 saturated heterocycles. The lowest BCUT2D eigenvalue weighted by molar-refractivity contribution is -0.141. The highest BCUT2D eigenvalue weighted by atomic mass is 16.4.